The van der Waals surface area contributed by atoms with Crippen molar-refractivity contribution in [2.75, 3.05) is 72.1 Å². The number of piperidine rings is 2. The van der Waals surface area contributed by atoms with Crippen LogP contribution in [0, 0.1) is 23.7 Å². The topological polar surface area (TPSA) is 133 Å². The molecule has 0 bridgehead atoms. The number of likely N-dealkylation sites (tertiary alicyclic amines) is 2. The number of fused-ring (bicyclic) bond motifs is 2. The van der Waals surface area contributed by atoms with Gasteiger partial charge in [-0.1, -0.05) is 12.1 Å². The maximum absolute atomic E-state index is 12.6. The van der Waals surface area contributed by atoms with Crippen LogP contribution in [0.1, 0.15) is 38.5 Å². The van der Waals surface area contributed by atoms with E-state index in [1.807, 2.05) is 76.6 Å². The van der Waals surface area contributed by atoms with Crippen molar-refractivity contribution in [3.05, 3.63) is 116 Å². The molecule has 0 spiro atoms. The molecule has 0 aliphatic carbocycles. The molecule has 8 rings (SSSR count). The fraction of sp³-hybridized carbons (Fsp3) is 0.451. The minimum absolute atomic E-state index is 0.0108. The van der Waals surface area contributed by atoms with E-state index in [0.717, 1.165) is 116 Å². The van der Waals surface area contributed by atoms with Crippen LogP contribution in [-0.4, -0.2) is 108 Å². The normalized spacial score (nSPS) is 18.9. The number of hydrogen-bond donors (Lipinski definition) is 1. The Bertz CT molecular complexity index is 2640. The van der Waals surface area contributed by atoms with E-state index in [9.17, 15) is 24.3 Å². The fourth-order valence-electron chi connectivity index (χ4n) is 9.45. The molecule has 12 nitrogen and oxygen atoms in total. The highest BCUT2D eigenvalue weighted by Gasteiger charge is 2.35. The molecular weight excluding hydrogens is 925 g/mol. The van der Waals surface area contributed by atoms with Gasteiger partial charge in [-0.15, -0.1) is 46.2 Å². The molecule has 4 aromatic heterocycles. The van der Waals surface area contributed by atoms with Crippen molar-refractivity contribution < 1.29 is 28.9 Å². The summed E-state index contributed by atoms with van der Waals surface area (Å²) in [6.45, 7) is 6.36. The minimum Gasteiger partial charge on any atom is -0.497 e. The number of benzene rings is 2. The Kier molecular flexibility index (Phi) is 18.9. The van der Waals surface area contributed by atoms with Crippen molar-refractivity contribution in [1.29, 1.82) is 0 Å². The minimum atomic E-state index is -0.706. The summed E-state index contributed by atoms with van der Waals surface area (Å²) < 4.78 is 22.1. The molecule has 2 saturated heterocycles. The number of aromatic nitrogens is 2. The SMILES string of the molecule is COC(=O)C1CN(CCSc2cccs2)CCC1CCCn1c(=O)ccc2ccc(OC)cc21.COc1ccc2ccc(=O)n(CCCC3CCN(CCSc4cccs4)CC3C(=O)O)c2c1. The lowest BCUT2D eigenvalue weighted by Gasteiger charge is -2.37. The van der Waals surface area contributed by atoms with Gasteiger partial charge in [0.25, 0.3) is 11.1 Å². The first-order valence-electron chi connectivity index (χ1n) is 23.1. The lowest BCUT2D eigenvalue weighted by Crippen LogP contribution is -2.45. The molecule has 0 radical (unpaired) electrons. The van der Waals surface area contributed by atoms with Gasteiger partial charge in [0.1, 0.15) is 11.5 Å². The van der Waals surface area contributed by atoms with Gasteiger partial charge >= 0.3 is 11.9 Å². The average molecular weight is 987 g/mol. The van der Waals surface area contributed by atoms with Crippen molar-refractivity contribution in [1.82, 2.24) is 18.9 Å². The largest absolute Gasteiger partial charge is 0.497 e. The second-order valence-corrected chi connectivity index (χ2v) is 21.8. The lowest BCUT2D eigenvalue weighted by atomic mass is 9.82. The zero-order valence-corrected chi connectivity index (χ0v) is 41.9. The van der Waals surface area contributed by atoms with Crippen LogP contribution in [0.4, 0.5) is 0 Å². The van der Waals surface area contributed by atoms with E-state index in [0.29, 0.717) is 19.6 Å². The number of pyridine rings is 2. The Hall–Kier alpha value is -4.58. The molecule has 4 unspecified atom stereocenters. The first kappa shape index (κ1) is 50.3. The number of carboxylic acids is 1. The van der Waals surface area contributed by atoms with Gasteiger partial charge in [0, 0.05) is 75.0 Å². The zero-order valence-electron chi connectivity index (χ0n) is 38.6. The number of methoxy groups -OCH3 is 3. The molecule has 2 aromatic carbocycles. The number of ether oxygens (including phenoxy) is 3. The standard InChI is InChI=1S/C26H32N2O4S2.C25H30N2O4S2/c1-31-21-9-7-20-8-10-24(29)28(23(20)17-21)12-3-5-19-11-13-27(18-22(19)26(30)32-2)14-16-34-25-6-4-15-33-25;1-31-20-8-6-19-7-9-23(28)27(22(19)16-20)11-2-4-18-10-12-26(17-21(18)25(29)30)13-15-33-24-5-3-14-32-24/h4,6-10,15,17,19,22H,3,5,11-14,16,18H2,1-2H3;3,5-9,14,16,18,21H,2,4,10-13,15,17H2,1H3,(H,29,30). The van der Waals surface area contributed by atoms with Crippen LogP contribution in [0.2, 0.25) is 0 Å². The van der Waals surface area contributed by atoms with E-state index in [2.05, 4.69) is 44.8 Å². The van der Waals surface area contributed by atoms with Gasteiger partial charge in [-0.2, -0.15) is 0 Å². The number of esters is 1. The van der Waals surface area contributed by atoms with Gasteiger partial charge in [0.05, 0.1) is 52.6 Å². The molecule has 1 N–H and O–H groups in total. The fourth-order valence-corrected chi connectivity index (χ4v) is 13.2. The lowest BCUT2D eigenvalue weighted by molar-refractivity contribution is -0.150. The number of carboxylic acid groups (broad SMARTS) is 1. The number of thiophene rings is 2. The molecule has 2 aliphatic rings. The van der Waals surface area contributed by atoms with Crippen LogP contribution < -0.4 is 20.6 Å². The second-order valence-electron chi connectivity index (χ2n) is 17.1. The van der Waals surface area contributed by atoms with Crippen LogP contribution in [0.3, 0.4) is 0 Å². The average Bonchev–Trinajstić information content (AvgIpc) is 4.08. The highest BCUT2D eigenvalue weighted by molar-refractivity contribution is 8.01. The molecule has 16 heteroatoms. The molecule has 67 heavy (non-hydrogen) atoms. The van der Waals surface area contributed by atoms with Crippen LogP contribution in [-0.2, 0) is 27.4 Å². The quantitative estimate of drug-likeness (QED) is 0.0578. The van der Waals surface area contributed by atoms with Crippen molar-refractivity contribution in [2.24, 2.45) is 23.7 Å². The van der Waals surface area contributed by atoms with E-state index in [1.165, 1.54) is 15.5 Å². The molecule has 2 aliphatic heterocycles. The number of rotatable bonds is 20. The van der Waals surface area contributed by atoms with E-state index < -0.39 is 5.97 Å². The molecule has 358 valence electrons. The van der Waals surface area contributed by atoms with Crippen molar-refractivity contribution >= 4 is 79.9 Å². The van der Waals surface area contributed by atoms with Gasteiger partial charge in [-0.3, -0.25) is 19.2 Å². The molecule has 0 saturated carbocycles. The number of hydrogen-bond acceptors (Lipinski definition) is 13. The van der Waals surface area contributed by atoms with Gasteiger partial charge in [0.2, 0.25) is 0 Å². The Labute approximate surface area is 409 Å². The number of aliphatic carboxylic acids is 1. The van der Waals surface area contributed by atoms with E-state index in [1.54, 1.807) is 53.6 Å². The number of aryl methyl sites for hydroxylation is 2. The van der Waals surface area contributed by atoms with E-state index in [-0.39, 0.29) is 40.8 Å². The molecule has 0 amide bonds. The highest BCUT2D eigenvalue weighted by atomic mass is 32.2. The Balaban J connectivity index is 0.000000199. The summed E-state index contributed by atoms with van der Waals surface area (Å²) in [5.74, 6) is 2.58. The van der Waals surface area contributed by atoms with Crippen LogP contribution >= 0.6 is 46.2 Å². The number of carbonyl (C=O) groups is 2. The van der Waals surface area contributed by atoms with Gasteiger partial charge in [-0.05, 0) is 134 Å². The predicted octanol–water partition coefficient (Wildman–Crippen LogP) is 9.42. The molecule has 2 fully saturated rings. The summed E-state index contributed by atoms with van der Waals surface area (Å²) in [6.07, 6.45) is 5.17. The summed E-state index contributed by atoms with van der Waals surface area (Å²) in [6, 6.07) is 26.9. The molecule has 6 aromatic rings. The van der Waals surface area contributed by atoms with Crippen molar-refractivity contribution in [3.8, 4) is 11.5 Å². The Morgan fingerprint density at radius 1 is 0.642 bits per heavy atom. The monoisotopic (exact) mass is 986 g/mol. The number of carbonyl (C=O) groups excluding carboxylic acids is 1. The summed E-state index contributed by atoms with van der Waals surface area (Å²) in [5.41, 5.74) is 1.69. The van der Waals surface area contributed by atoms with Gasteiger partial charge in [-0.25, -0.2) is 0 Å². The summed E-state index contributed by atoms with van der Waals surface area (Å²) in [7, 11) is 4.73. The van der Waals surface area contributed by atoms with Crippen LogP contribution in [0.5, 0.6) is 11.5 Å². The second kappa shape index (κ2) is 25.2. The van der Waals surface area contributed by atoms with Crippen LogP contribution in [0.15, 0.2) is 114 Å². The van der Waals surface area contributed by atoms with Crippen LogP contribution in [0.25, 0.3) is 21.8 Å². The summed E-state index contributed by atoms with van der Waals surface area (Å²) >= 11 is 7.22. The highest BCUT2D eigenvalue weighted by Crippen LogP contribution is 2.32. The molecule has 6 heterocycles. The van der Waals surface area contributed by atoms with Gasteiger partial charge in [0.15, 0.2) is 0 Å². The Morgan fingerprint density at radius 3 is 1.54 bits per heavy atom. The third-order valence-corrected chi connectivity index (χ3v) is 17.3. The third-order valence-electron chi connectivity index (χ3n) is 13.1. The number of thioether (sulfide) groups is 2. The van der Waals surface area contributed by atoms with E-state index in [4.69, 9.17) is 14.2 Å². The Morgan fingerprint density at radius 2 is 1.10 bits per heavy atom. The maximum Gasteiger partial charge on any atom is 0.310 e. The smallest absolute Gasteiger partial charge is 0.310 e. The zero-order chi connectivity index (χ0) is 47.1. The van der Waals surface area contributed by atoms with Crippen molar-refractivity contribution in [2.45, 2.75) is 60.0 Å². The number of nitrogens with zero attached hydrogens (tertiary/aromatic N) is 4. The summed E-state index contributed by atoms with van der Waals surface area (Å²) in [4.78, 5) is 54.4. The van der Waals surface area contributed by atoms with Crippen molar-refractivity contribution in [3.63, 3.8) is 0 Å². The van der Waals surface area contributed by atoms with E-state index >= 15 is 0 Å². The van der Waals surface area contributed by atoms with Gasteiger partial charge < -0.3 is 38.3 Å². The third kappa shape index (κ3) is 13.8. The first-order valence-corrected chi connectivity index (χ1v) is 26.8. The first-order chi connectivity index (χ1) is 32.6. The maximum atomic E-state index is 12.6. The predicted molar refractivity (Wildman–Crippen MR) is 274 cm³/mol. The summed E-state index contributed by atoms with van der Waals surface area (Å²) in [5, 5.41) is 16.1. The molecular formula is C51H62N4O8S4. The molecule has 4 atom stereocenters.